The van der Waals surface area contributed by atoms with Crippen LogP contribution in [0, 0.1) is 6.92 Å². The van der Waals surface area contributed by atoms with Crippen LogP contribution in [0.4, 0.5) is 0 Å². The van der Waals surface area contributed by atoms with Crippen LogP contribution in [0.15, 0.2) is 116 Å². The highest BCUT2D eigenvalue weighted by Crippen LogP contribution is 2.44. The molecule has 0 N–H and O–H groups in total. The number of fused-ring (bicyclic) bond motifs is 2. The predicted molar refractivity (Wildman–Crippen MR) is 136 cm³/mol. The first-order chi connectivity index (χ1) is 15.3. The van der Waals surface area contributed by atoms with E-state index >= 15 is 0 Å². The SMILES string of the molecule is C=C/C=C\c1c(C)cccc1-c1c2ccccc2c(-c2ccccc2)c2ccccc12. The lowest BCUT2D eigenvalue weighted by atomic mass is 9.84. The van der Waals surface area contributed by atoms with Crippen LogP contribution < -0.4 is 0 Å². The van der Waals surface area contributed by atoms with Gasteiger partial charge in [-0.05, 0) is 61.8 Å². The van der Waals surface area contributed by atoms with Gasteiger partial charge in [0.05, 0.1) is 0 Å². The average molecular weight is 397 g/mol. The number of allylic oxidation sites excluding steroid dienone is 2. The van der Waals surface area contributed by atoms with Crippen LogP contribution in [0.3, 0.4) is 0 Å². The van der Waals surface area contributed by atoms with E-state index in [2.05, 4.69) is 117 Å². The zero-order valence-corrected chi connectivity index (χ0v) is 17.7. The van der Waals surface area contributed by atoms with Gasteiger partial charge in [0.1, 0.15) is 0 Å². The van der Waals surface area contributed by atoms with Gasteiger partial charge in [0.25, 0.3) is 0 Å². The van der Waals surface area contributed by atoms with Crippen molar-refractivity contribution >= 4 is 27.6 Å². The molecule has 0 aliphatic heterocycles. The Morgan fingerprint density at radius 3 is 1.71 bits per heavy atom. The molecule has 0 bridgehead atoms. The molecule has 0 saturated carbocycles. The highest BCUT2D eigenvalue weighted by atomic mass is 14.2. The highest BCUT2D eigenvalue weighted by Gasteiger charge is 2.17. The Balaban J connectivity index is 1.99. The van der Waals surface area contributed by atoms with Gasteiger partial charge in [0, 0.05) is 0 Å². The summed E-state index contributed by atoms with van der Waals surface area (Å²) in [6.07, 6.45) is 6.03. The molecular weight excluding hydrogens is 372 g/mol. The first-order valence-electron chi connectivity index (χ1n) is 10.7. The maximum absolute atomic E-state index is 3.87. The second-order valence-corrected chi connectivity index (χ2v) is 7.84. The van der Waals surface area contributed by atoms with Crippen molar-refractivity contribution < 1.29 is 0 Å². The molecule has 0 unspecified atom stereocenters. The fraction of sp³-hybridized carbons (Fsp3) is 0.0323. The maximum atomic E-state index is 3.87. The molecule has 0 spiro atoms. The Hall–Kier alpha value is -3.90. The minimum absolute atomic E-state index is 1.24. The molecular formula is C31H24. The molecule has 0 atom stereocenters. The van der Waals surface area contributed by atoms with E-state index in [0.717, 1.165) is 0 Å². The van der Waals surface area contributed by atoms with Crippen LogP contribution in [-0.4, -0.2) is 0 Å². The third kappa shape index (κ3) is 3.27. The van der Waals surface area contributed by atoms with Crippen molar-refractivity contribution in [1.82, 2.24) is 0 Å². The molecule has 5 rings (SSSR count). The molecule has 0 heteroatoms. The Morgan fingerprint density at radius 2 is 1.13 bits per heavy atom. The number of hydrogen-bond acceptors (Lipinski definition) is 0. The molecule has 31 heavy (non-hydrogen) atoms. The predicted octanol–water partition coefficient (Wildman–Crippen LogP) is 8.83. The lowest BCUT2D eigenvalue weighted by Crippen LogP contribution is -1.93. The summed E-state index contributed by atoms with van der Waals surface area (Å²) < 4.78 is 0. The molecule has 5 aromatic carbocycles. The second kappa shape index (κ2) is 8.08. The van der Waals surface area contributed by atoms with Gasteiger partial charge < -0.3 is 0 Å². The molecule has 0 amide bonds. The molecule has 0 aliphatic rings. The summed E-state index contributed by atoms with van der Waals surface area (Å²) in [4.78, 5) is 0. The van der Waals surface area contributed by atoms with Crippen molar-refractivity contribution in [3.8, 4) is 22.3 Å². The lowest BCUT2D eigenvalue weighted by Gasteiger charge is -2.19. The maximum Gasteiger partial charge on any atom is -0.00203 e. The number of hydrogen-bond donors (Lipinski definition) is 0. The van der Waals surface area contributed by atoms with E-state index in [0.29, 0.717) is 0 Å². The van der Waals surface area contributed by atoms with E-state index in [4.69, 9.17) is 0 Å². The first-order valence-corrected chi connectivity index (χ1v) is 10.7. The summed E-state index contributed by atoms with van der Waals surface area (Å²) in [5.74, 6) is 0. The van der Waals surface area contributed by atoms with Crippen molar-refractivity contribution in [1.29, 1.82) is 0 Å². The first kappa shape index (κ1) is 19.1. The van der Waals surface area contributed by atoms with E-state index in [1.165, 1.54) is 54.9 Å². The monoisotopic (exact) mass is 396 g/mol. The Labute approximate surface area is 183 Å². The molecule has 148 valence electrons. The molecule has 0 aliphatic carbocycles. The Morgan fingerprint density at radius 1 is 0.581 bits per heavy atom. The molecule has 0 aromatic heterocycles. The Kier molecular flexibility index (Phi) is 4.98. The van der Waals surface area contributed by atoms with Crippen molar-refractivity contribution in [3.05, 3.63) is 127 Å². The molecule has 0 nitrogen and oxygen atoms in total. The lowest BCUT2D eigenvalue weighted by molar-refractivity contribution is 1.44. The minimum Gasteiger partial charge on any atom is -0.0991 e. The fourth-order valence-corrected chi connectivity index (χ4v) is 4.62. The molecule has 0 saturated heterocycles. The van der Waals surface area contributed by atoms with Crippen molar-refractivity contribution in [2.24, 2.45) is 0 Å². The highest BCUT2D eigenvalue weighted by molar-refractivity contribution is 6.21. The average Bonchev–Trinajstić information content (AvgIpc) is 2.82. The van der Waals surface area contributed by atoms with E-state index in [1.54, 1.807) is 0 Å². The standard InChI is InChI=1S/C31H24/c1-3-4-16-24-22(2)13-12-21-25(24)31-28-19-10-8-17-26(28)30(23-14-6-5-7-15-23)27-18-9-11-20-29(27)31/h3-21H,1H2,2H3/b16-4-. The summed E-state index contributed by atoms with van der Waals surface area (Å²) in [6.45, 7) is 6.04. The molecule has 0 radical (unpaired) electrons. The van der Waals surface area contributed by atoms with Crippen LogP contribution in [0.25, 0.3) is 49.9 Å². The molecule has 0 heterocycles. The van der Waals surface area contributed by atoms with Gasteiger partial charge in [-0.1, -0.05) is 122 Å². The van der Waals surface area contributed by atoms with Gasteiger partial charge in [-0.2, -0.15) is 0 Å². The van der Waals surface area contributed by atoms with Crippen molar-refractivity contribution in [2.45, 2.75) is 6.92 Å². The van der Waals surface area contributed by atoms with Crippen LogP contribution in [0.2, 0.25) is 0 Å². The van der Waals surface area contributed by atoms with Gasteiger partial charge in [-0.3, -0.25) is 0 Å². The third-order valence-corrected chi connectivity index (χ3v) is 5.99. The Bertz CT molecular complexity index is 1380. The smallest absolute Gasteiger partial charge is 0.00203 e. The van der Waals surface area contributed by atoms with Crippen LogP contribution in [0.1, 0.15) is 11.1 Å². The van der Waals surface area contributed by atoms with E-state index in [9.17, 15) is 0 Å². The number of benzene rings is 5. The zero-order chi connectivity index (χ0) is 21.2. The van der Waals surface area contributed by atoms with Crippen LogP contribution in [-0.2, 0) is 0 Å². The van der Waals surface area contributed by atoms with Gasteiger partial charge in [-0.25, -0.2) is 0 Å². The van der Waals surface area contributed by atoms with Gasteiger partial charge in [0.2, 0.25) is 0 Å². The summed E-state index contributed by atoms with van der Waals surface area (Å²) in [7, 11) is 0. The fourth-order valence-electron chi connectivity index (χ4n) is 4.62. The topological polar surface area (TPSA) is 0 Å². The molecule has 0 fully saturated rings. The third-order valence-electron chi connectivity index (χ3n) is 5.99. The van der Waals surface area contributed by atoms with Gasteiger partial charge in [0.15, 0.2) is 0 Å². The van der Waals surface area contributed by atoms with Gasteiger partial charge >= 0.3 is 0 Å². The van der Waals surface area contributed by atoms with Crippen LogP contribution in [0.5, 0.6) is 0 Å². The summed E-state index contributed by atoms with van der Waals surface area (Å²) >= 11 is 0. The zero-order valence-electron chi connectivity index (χ0n) is 17.7. The van der Waals surface area contributed by atoms with Crippen LogP contribution >= 0.6 is 0 Å². The number of rotatable bonds is 4. The van der Waals surface area contributed by atoms with Crippen molar-refractivity contribution in [2.75, 3.05) is 0 Å². The van der Waals surface area contributed by atoms with Gasteiger partial charge in [-0.15, -0.1) is 0 Å². The summed E-state index contributed by atoms with van der Waals surface area (Å²) in [5, 5.41) is 5.11. The largest absolute Gasteiger partial charge is 0.0991 e. The minimum atomic E-state index is 1.24. The molecule has 5 aromatic rings. The summed E-state index contributed by atoms with van der Waals surface area (Å²) in [6, 6.07) is 34.9. The second-order valence-electron chi connectivity index (χ2n) is 7.84. The van der Waals surface area contributed by atoms with E-state index in [-0.39, 0.29) is 0 Å². The van der Waals surface area contributed by atoms with E-state index < -0.39 is 0 Å². The quantitative estimate of drug-likeness (QED) is 0.210. The normalized spacial score (nSPS) is 11.4. The number of aryl methyl sites for hydroxylation is 1. The van der Waals surface area contributed by atoms with Crippen molar-refractivity contribution in [3.63, 3.8) is 0 Å². The summed E-state index contributed by atoms with van der Waals surface area (Å²) in [5.41, 5.74) is 7.59. The van der Waals surface area contributed by atoms with E-state index in [1.807, 2.05) is 12.2 Å².